The molecule has 1 unspecified atom stereocenters. The van der Waals surface area contributed by atoms with E-state index in [4.69, 9.17) is 0 Å². The Labute approximate surface area is 185 Å². The third-order valence-corrected chi connectivity index (χ3v) is 7.29. The summed E-state index contributed by atoms with van der Waals surface area (Å²) in [5.41, 5.74) is 1.41. The van der Waals surface area contributed by atoms with Crippen molar-refractivity contribution in [1.82, 2.24) is 20.4 Å². The zero-order valence-electron chi connectivity index (χ0n) is 18.1. The van der Waals surface area contributed by atoms with Crippen LogP contribution in [0.3, 0.4) is 0 Å². The molecular weight excluding hydrogens is 390 g/mol. The van der Waals surface area contributed by atoms with Gasteiger partial charge in [0, 0.05) is 44.1 Å². The lowest BCUT2D eigenvalue weighted by atomic mass is 10.0. The highest BCUT2D eigenvalue weighted by atomic mass is 32.1. The fraction of sp³-hybridized carbons (Fsp3) is 0.542. The van der Waals surface area contributed by atoms with Crippen molar-refractivity contribution in [2.75, 3.05) is 39.8 Å². The second-order valence-corrected chi connectivity index (χ2v) is 9.39. The van der Waals surface area contributed by atoms with Gasteiger partial charge in [-0.15, -0.1) is 11.3 Å². The maximum Gasteiger partial charge on any atom is 0.191 e. The molecule has 0 radical (unpaired) electrons. The lowest BCUT2D eigenvalue weighted by Gasteiger charge is -2.33. The first-order valence-corrected chi connectivity index (χ1v) is 12.2. The Balaban J connectivity index is 1.25. The number of guanidine groups is 1. The summed E-state index contributed by atoms with van der Waals surface area (Å²) in [6.07, 6.45) is 4.95. The summed E-state index contributed by atoms with van der Waals surface area (Å²) in [5.74, 6) is 0.942. The summed E-state index contributed by atoms with van der Waals surface area (Å²) < 4.78 is 0. The van der Waals surface area contributed by atoms with Crippen LogP contribution in [-0.4, -0.2) is 61.6 Å². The SMILES string of the molecule is CN=C(NCC(c1cccs1)N1CCCC1)NC1CCN(Cc2ccccc2)CC1. The number of likely N-dealkylation sites (tertiary alicyclic amines) is 2. The van der Waals surface area contributed by atoms with Crippen molar-refractivity contribution < 1.29 is 0 Å². The van der Waals surface area contributed by atoms with Gasteiger partial charge in [0.25, 0.3) is 0 Å². The molecule has 2 saturated heterocycles. The van der Waals surface area contributed by atoms with Gasteiger partial charge < -0.3 is 10.6 Å². The molecule has 0 amide bonds. The molecular formula is C24H35N5S. The van der Waals surface area contributed by atoms with Gasteiger partial charge in [-0.3, -0.25) is 14.8 Å². The highest BCUT2D eigenvalue weighted by molar-refractivity contribution is 7.10. The molecule has 2 fully saturated rings. The van der Waals surface area contributed by atoms with Crippen LogP contribution in [-0.2, 0) is 6.54 Å². The van der Waals surface area contributed by atoms with E-state index >= 15 is 0 Å². The van der Waals surface area contributed by atoms with Crippen LogP contribution in [0.1, 0.15) is 42.2 Å². The molecule has 1 aromatic carbocycles. The van der Waals surface area contributed by atoms with Gasteiger partial charge in [0.1, 0.15) is 0 Å². The van der Waals surface area contributed by atoms with Crippen molar-refractivity contribution in [1.29, 1.82) is 0 Å². The number of aliphatic imine (C=N–C) groups is 1. The van der Waals surface area contributed by atoms with E-state index in [2.05, 4.69) is 73.3 Å². The van der Waals surface area contributed by atoms with E-state index in [1.165, 1.54) is 36.4 Å². The van der Waals surface area contributed by atoms with Gasteiger partial charge in [-0.1, -0.05) is 36.4 Å². The minimum absolute atomic E-state index is 0.443. The number of piperidine rings is 1. The lowest BCUT2D eigenvalue weighted by Crippen LogP contribution is -2.49. The van der Waals surface area contributed by atoms with Crippen LogP contribution in [0.2, 0.25) is 0 Å². The normalized spacial score (nSPS) is 20.4. The Kier molecular flexibility index (Phi) is 7.78. The van der Waals surface area contributed by atoms with E-state index < -0.39 is 0 Å². The molecule has 4 rings (SSSR count). The molecule has 0 saturated carbocycles. The van der Waals surface area contributed by atoms with E-state index in [-0.39, 0.29) is 0 Å². The number of nitrogens with one attached hydrogen (secondary N) is 2. The van der Waals surface area contributed by atoms with Gasteiger partial charge in [-0.25, -0.2) is 0 Å². The van der Waals surface area contributed by atoms with Crippen LogP contribution in [0.4, 0.5) is 0 Å². The summed E-state index contributed by atoms with van der Waals surface area (Å²) in [7, 11) is 1.88. The quantitative estimate of drug-likeness (QED) is 0.524. The van der Waals surface area contributed by atoms with Crippen LogP contribution in [0, 0.1) is 0 Å². The van der Waals surface area contributed by atoms with E-state index in [1.54, 1.807) is 0 Å². The highest BCUT2D eigenvalue weighted by Crippen LogP contribution is 2.27. The minimum Gasteiger partial charge on any atom is -0.354 e. The predicted octanol–water partition coefficient (Wildman–Crippen LogP) is 3.71. The minimum atomic E-state index is 0.443. The van der Waals surface area contributed by atoms with Crippen molar-refractivity contribution in [3.8, 4) is 0 Å². The van der Waals surface area contributed by atoms with Gasteiger partial charge in [0.15, 0.2) is 5.96 Å². The molecule has 0 aliphatic carbocycles. The summed E-state index contributed by atoms with van der Waals surface area (Å²) in [6.45, 7) is 6.64. The van der Waals surface area contributed by atoms with Gasteiger partial charge in [0.05, 0.1) is 6.04 Å². The van der Waals surface area contributed by atoms with Crippen LogP contribution in [0.5, 0.6) is 0 Å². The maximum atomic E-state index is 4.51. The van der Waals surface area contributed by atoms with Crippen molar-refractivity contribution in [3.05, 3.63) is 58.3 Å². The van der Waals surface area contributed by atoms with E-state index in [0.717, 1.165) is 45.0 Å². The summed E-state index contributed by atoms with van der Waals surface area (Å²) in [6, 6.07) is 16.2. The zero-order valence-corrected chi connectivity index (χ0v) is 18.9. The Morgan fingerprint density at radius 3 is 2.50 bits per heavy atom. The number of rotatable bonds is 7. The highest BCUT2D eigenvalue weighted by Gasteiger charge is 2.25. The number of hydrogen-bond acceptors (Lipinski definition) is 4. The predicted molar refractivity (Wildman–Crippen MR) is 127 cm³/mol. The molecule has 2 N–H and O–H groups in total. The Bertz CT molecular complexity index is 762. The van der Waals surface area contributed by atoms with Gasteiger partial charge in [0.2, 0.25) is 0 Å². The Morgan fingerprint density at radius 2 is 1.83 bits per heavy atom. The maximum absolute atomic E-state index is 4.51. The summed E-state index contributed by atoms with van der Waals surface area (Å²) >= 11 is 1.87. The summed E-state index contributed by atoms with van der Waals surface area (Å²) in [5, 5.41) is 9.49. The molecule has 162 valence electrons. The molecule has 6 heteroatoms. The first kappa shape index (κ1) is 21.3. The fourth-order valence-corrected chi connectivity index (χ4v) is 5.46. The van der Waals surface area contributed by atoms with E-state index in [0.29, 0.717) is 12.1 Å². The van der Waals surface area contributed by atoms with E-state index in [9.17, 15) is 0 Å². The lowest BCUT2D eigenvalue weighted by molar-refractivity contribution is 0.198. The molecule has 2 aliphatic heterocycles. The van der Waals surface area contributed by atoms with Crippen molar-refractivity contribution >= 4 is 17.3 Å². The molecule has 1 aromatic heterocycles. The van der Waals surface area contributed by atoms with Gasteiger partial charge in [-0.2, -0.15) is 0 Å². The van der Waals surface area contributed by atoms with Crippen molar-refractivity contribution in [2.24, 2.45) is 4.99 Å². The van der Waals surface area contributed by atoms with Crippen molar-refractivity contribution in [3.63, 3.8) is 0 Å². The van der Waals surface area contributed by atoms with Crippen LogP contribution in [0.15, 0.2) is 52.8 Å². The molecule has 1 atom stereocenters. The third kappa shape index (κ3) is 5.84. The van der Waals surface area contributed by atoms with Crippen LogP contribution < -0.4 is 10.6 Å². The second-order valence-electron chi connectivity index (χ2n) is 8.41. The smallest absolute Gasteiger partial charge is 0.191 e. The van der Waals surface area contributed by atoms with E-state index in [1.807, 2.05) is 18.4 Å². The zero-order chi connectivity index (χ0) is 20.6. The molecule has 0 bridgehead atoms. The van der Waals surface area contributed by atoms with Crippen LogP contribution >= 0.6 is 11.3 Å². The fourth-order valence-electron chi connectivity index (χ4n) is 4.60. The van der Waals surface area contributed by atoms with Crippen LogP contribution in [0.25, 0.3) is 0 Å². The number of thiophene rings is 1. The molecule has 2 aromatic rings. The Hall–Kier alpha value is -1.89. The van der Waals surface area contributed by atoms with Crippen molar-refractivity contribution in [2.45, 2.75) is 44.3 Å². The molecule has 2 aliphatic rings. The average molecular weight is 426 g/mol. The molecule has 30 heavy (non-hydrogen) atoms. The average Bonchev–Trinajstić information content (AvgIpc) is 3.50. The second kappa shape index (κ2) is 10.9. The largest absolute Gasteiger partial charge is 0.354 e. The first-order chi connectivity index (χ1) is 14.8. The molecule has 3 heterocycles. The first-order valence-electron chi connectivity index (χ1n) is 11.3. The van der Waals surface area contributed by atoms with Gasteiger partial charge >= 0.3 is 0 Å². The monoisotopic (exact) mass is 425 g/mol. The van der Waals surface area contributed by atoms with Gasteiger partial charge in [-0.05, 0) is 55.8 Å². The number of hydrogen-bond donors (Lipinski definition) is 2. The third-order valence-electron chi connectivity index (χ3n) is 6.32. The topological polar surface area (TPSA) is 42.9 Å². The molecule has 5 nitrogen and oxygen atoms in total. The Morgan fingerprint density at radius 1 is 1.07 bits per heavy atom. The number of nitrogens with zero attached hydrogens (tertiary/aromatic N) is 3. The standard InChI is InChI=1S/C24H35N5S/c1-25-24(26-18-22(23-10-7-17-30-23)29-13-5-6-14-29)27-21-11-15-28(16-12-21)19-20-8-3-2-4-9-20/h2-4,7-10,17,21-22H,5-6,11-16,18-19H2,1H3,(H2,25,26,27). The molecule has 0 spiro atoms. The number of benzene rings is 1. The summed E-state index contributed by atoms with van der Waals surface area (Å²) in [4.78, 5) is 11.1.